The zero-order chi connectivity index (χ0) is 20.4. The van der Waals surface area contributed by atoms with E-state index in [-0.39, 0.29) is 10.8 Å². The first-order valence-corrected chi connectivity index (χ1v) is 11.0. The van der Waals surface area contributed by atoms with Crippen molar-refractivity contribution in [2.75, 3.05) is 16.2 Å². The number of aryl methyl sites for hydroxylation is 1. The van der Waals surface area contributed by atoms with Crippen molar-refractivity contribution in [1.82, 2.24) is 0 Å². The summed E-state index contributed by atoms with van der Waals surface area (Å²) in [5.41, 5.74) is 2.60. The predicted octanol–water partition coefficient (Wildman–Crippen LogP) is 4.73. The molecule has 1 amide bonds. The summed E-state index contributed by atoms with van der Waals surface area (Å²) < 4.78 is 27.6. The SMILES string of the molecule is O=C(Nc1ccc(Cl)cc1)c1ccc2c(c1)CCCN2S(=O)(=O)c1ccccc1. The maximum Gasteiger partial charge on any atom is 0.264 e. The van der Waals surface area contributed by atoms with Crippen LogP contribution in [-0.2, 0) is 16.4 Å². The van der Waals surface area contributed by atoms with Crippen molar-refractivity contribution in [2.45, 2.75) is 17.7 Å². The molecule has 0 unspecified atom stereocenters. The normalized spacial score (nSPS) is 13.6. The van der Waals surface area contributed by atoms with Gasteiger partial charge in [-0.15, -0.1) is 0 Å². The molecular weight excluding hydrogens is 408 g/mol. The molecule has 1 heterocycles. The van der Waals surface area contributed by atoms with E-state index < -0.39 is 10.0 Å². The lowest BCUT2D eigenvalue weighted by Crippen LogP contribution is -2.35. The van der Waals surface area contributed by atoms with Crippen LogP contribution in [0.25, 0.3) is 0 Å². The number of hydrogen-bond donors (Lipinski definition) is 1. The summed E-state index contributed by atoms with van der Waals surface area (Å²) in [4.78, 5) is 12.9. The maximum atomic E-state index is 13.1. The molecule has 1 aliphatic heterocycles. The standard InChI is InChI=1S/C22H19ClN2O3S/c23-18-9-11-19(12-10-18)24-22(26)17-8-13-21-16(15-17)5-4-14-25(21)29(27,28)20-6-2-1-3-7-20/h1-3,6-13,15H,4-5,14H2,(H,24,26). The number of benzene rings is 3. The van der Waals surface area contributed by atoms with Crippen molar-refractivity contribution < 1.29 is 13.2 Å². The quantitative estimate of drug-likeness (QED) is 0.655. The predicted molar refractivity (Wildman–Crippen MR) is 115 cm³/mol. The molecule has 0 atom stereocenters. The van der Waals surface area contributed by atoms with Gasteiger partial charge in [0.1, 0.15) is 0 Å². The molecule has 0 fully saturated rings. The van der Waals surface area contributed by atoms with Crippen molar-refractivity contribution in [3.8, 4) is 0 Å². The van der Waals surface area contributed by atoms with Crippen molar-refractivity contribution in [1.29, 1.82) is 0 Å². The van der Waals surface area contributed by atoms with Gasteiger partial charge in [-0.2, -0.15) is 0 Å². The lowest BCUT2D eigenvalue weighted by Gasteiger charge is -2.30. The Morgan fingerprint density at radius 1 is 0.966 bits per heavy atom. The Kier molecular flexibility index (Phi) is 5.30. The molecule has 3 aromatic carbocycles. The highest BCUT2D eigenvalue weighted by atomic mass is 35.5. The highest BCUT2D eigenvalue weighted by molar-refractivity contribution is 7.92. The fourth-order valence-corrected chi connectivity index (χ4v) is 5.10. The van der Waals surface area contributed by atoms with Gasteiger partial charge in [-0.1, -0.05) is 29.8 Å². The number of carbonyl (C=O) groups is 1. The van der Waals surface area contributed by atoms with E-state index in [1.807, 2.05) is 0 Å². The second-order valence-corrected chi connectivity index (χ2v) is 9.10. The van der Waals surface area contributed by atoms with Gasteiger partial charge in [-0.3, -0.25) is 9.10 Å². The minimum Gasteiger partial charge on any atom is -0.322 e. The molecule has 0 bridgehead atoms. The number of nitrogens with zero attached hydrogens (tertiary/aromatic N) is 1. The lowest BCUT2D eigenvalue weighted by molar-refractivity contribution is 0.102. The van der Waals surface area contributed by atoms with Crippen molar-refractivity contribution >= 4 is 38.9 Å². The van der Waals surface area contributed by atoms with E-state index in [2.05, 4.69) is 5.32 Å². The third kappa shape index (κ3) is 3.99. The van der Waals surface area contributed by atoms with Crippen LogP contribution in [0, 0.1) is 0 Å². The van der Waals surface area contributed by atoms with E-state index in [9.17, 15) is 13.2 Å². The zero-order valence-corrected chi connectivity index (χ0v) is 17.1. The summed E-state index contributed by atoms with van der Waals surface area (Å²) in [5, 5.41) is 3.42. The van der Waals surface area contributed by atoms with E-state index in [1.54, 1.807) is 72.8 Å². The molecule has 0 aromatic heterocycles. The molecular formula is C22H19ClN2O3S. The van der Waals surface area contributed by atoms with Crippen LogP contribution in [0.1, 0.15) is 22.3 Å². The zero-order valence-electron chi connectivity index (χ0n) is 15.5. The molecule has 7 heteroatoms. The van der Waals surface area contributed by atoms with Crippen LogP contribution < -0.4 is 9.62 Å². The molecule has 0 spiro atoms. The van der Waals surface area contributed by atoms with Crippen LogP contribution in [0.2, 0.25) is 5.02 Å². The average molecular weight is 427 g/mol. The highest BCUT2D eigenvalue weighted by Gasteiger charge is 2.29. The van der Waals surface area contributed by atoms with E-state index in [4.69, 9.17) is 11.6 Å². The van der Waals surface area contributed by atoms with Gasteiger partial charge in [-0.25, -0.2) is 8.42 Å². The van der Waals surface area contributed by atoms with Crippen LogP contribution >= 0.6 is 11.6 Å². The minimum atomic E-state index is -3.64. The smallest absolute Gasteiger partial charge is 0.264 e. The Balaban J connectivity index is 1.62. The number of hydrogen-bond acceptors (Lipinski definition) is 3. The molecule has 0 aliphatic carbocycles. The van der Waals surface area contributed by atoms with Gasteiger partial charge in [0.15, 0.2) is 0 Å². The summed E-state index contributed by atoms with van der Waals surface area (Å²) in [6.45, 7) is 0.417. The highest BCUT2D eigenvalue weighted by Crippen LogP contribution is 2.32. The second kappa shape index (κ2) is 7.89. The minimum absolute atomic E-state index is 0.252. The number of nitrogens with one attached hydrogen (secondary N) is 1. The Bertz CT molecular complexity index is 1150. The van der Waals surface area contributed by atoms with Crippen LogP contribution in [0.15, 0.2) is 77.7 Å². The van der Waals surface area contributed by atoms with E-state index in [0.717, 1.165) is 12.0 Å². The summed E-state index contributed by atoms with van der Waals surface area (Å²) in [5.74, 6) is -0.252. The van der Waals surface area contributed by atoms with Gasteiger partial charge < -0.3 is 5.32 Å². The molecule has 29 heavy (non-hydrogen) atoms. The number of rotatable bonds is 4. The molecule has 4 rings (SSSR count). The Morgan fingerprint density at radius 3 is 2.41 bits per heavy atom. The first-order chi connectivity index (χ1) is 13.9. The van der Waals surface area contributed by atoms with Gasteiger partial charge in [0, 0.05) is 22.8 Å². The molecule has 1 aliphatic rings. The van der Waals surface area contributed by atoms with E-state index in [0.29, 0.717) is 34.9 Å². The summed E-state index contributed by atoms with van der Waals surface area (Å²) in [6.07, 6.45) is 1.42. The Labute approximate surface area is 175 Å². The molecule has 0 radical (unpaired) electrons. The van der Waals surface area contributed by atoms with Gasteiger partial charge in [-0.05, 0) is 73.0 Å². The van der Waals surface area contributed by atoms with Gasteiger partial charge in [0.25, 0.3) is 15.9 Å². The van der Waals surface area contributed by atoms with E-state index >= 15 is 0 Å². The van der Waals surface area contributed by atoms with Gasteiger partial charge >= 0.3 is 0 Å². The van der Waals surface area contributed by atoms with Gasteiger partial charge in [0.2, 0.25) is 0 Å². The molecule has 148 valence electrons. The summed E-state index contributed by atoms with van der Waals surface area (Å²) >= 11 is 5.87. The fourth-order valence-electron chi connectivity index (χ4n) is 3.41. The number of sulfonamides is 1. The van der Waals surface area contributed by atoms with Gasteiger partial charge in [0.05, 0.1) is 10.6 Å². The second-order valence-electron chi connectivity index (χ2n) is 6.80. The fraction of sp³-hybridized carbons (Fsp3) is 0.136. The summed E-state index contributed by atoms with van der Waals surface area (Å²) in [6, 6.07) is 20.4. The topological polar surface area (TPSA) is 66.5 Å². The third-order valence-corrected chi connectivity index (χ3v) is 6.93. The number of anilines is 2. The Hall–Kier alpha value is -2.83. The monoisotopic (exact) mass is 426 g/mol. The number of carbonyl (C=O) groups excluding carboxylic acids is 1. The lowest BCUT2D eigenvalue weighted by atomic mass is 10.0. The Morgan fingerprint density at radius 2 is 1.69 bits per heavy atom. The molecule has 0 saturated carbocycles. The van der Waals surface area contributed by atoms with E-state index in [1.165, 1.54) is 4.31 Å². The van der Waals surface area contributed by atoms with Crippen LogP contribution in [0.4, 0.5) is 11.4 Å². The summed E-state index contributed by atoms with van der Waals surface area (Å²) in [7, 11) is -3.64. The maximum absolute atomic E-state index is 13.1. The number of amides is 1. The van der Waals surface area contributed by atoms with Crippen LogP contribution in [0.3, 0.4) is 0 Å². The molecule has 0 saturated heterocycles. The first-order valence-electron chi connectivity index (χ1n) is 9.23. The largest absolute Gasteiger partial charge is 0.322 e. The third-order valence-electron chi connectivity index (χ3n) is 4.85. The van der Waals surface area contributed by atoms with Crippen molar-refractivity contribution in [3.63, 3.8) is 0 Å². The molecule has 3 aromatic rings. The molecule has 1 N–H and O–H groups in total. The van der Waals surface area contributed by atoms with Crippen LogP contribution in [-0.4, -0.2) is 20.9 Å². The number of fused-ring (bicyclic) bond motifs is 1. The average Bonchev–Trinajstić information content (AvgIpc) is 2.75. The number of halogens is 1. The van der Waals surface area contributed by atoms with Crippen molar-refractivity contribution in [2.24, 2.45) is 0 Å². The first kappa shape index (κ1) is 19.5. The molecule has 5 nitrogen and oxygen atoms in total. The van der Waals surface area contributed by atoms with Crippen LogP contribution in [0.5, 0.6) is 0 Å². The van der Waals surface area contributed by atoms with Crippen molar-refractivity contribution in [3.05, 3.63) is 88.9 Å².